The van der Waals surface area contributed by atoms with Crippen LogP contribution in [-0.4, -0.2) is 87.4 Å². The molecule has 0 aromatic rings. The Kier molecular flexibility index (Phi) is 60.3. The number of ether oxygens (including phenoxy) is 4. The van der Waals surface area contributed by atoms with Crippen molar-refractivity contribution in [3.8, 4) is 0 Å². The number of carboxylic acids is 1. The van der Waals surface area contributed by atoms with Gasteiger partial charge in [0.05, 0.1) is 34.4 Å². The Bertz CT molecular complexity index is 1670. The molecule has 1 N–H and O–H groups in total. The van der Waals surface area contributed by atoms with E-state index in [2.05, 4.69) is 111 Å². The summed E-state index contributed by atoms with van der Waals surface area (Å²) >= 11 is 0. The molecule has 0 spiro atoms. The minimum atomic E-state index is -1.51. The van der Waals surface area contributed by atoms with E-state index < -0.39 is 24.3 Å². The molecule has 472 valence electrons. The molecule has 0 aliphatic rings. The second-order valence-electron chi connectivity index (χ2n) is 23.8. The smallest absolute Gasteiger partial charge is 0.361 e. The number of hydrogen-bond donors (Lipinski definition) is 1. The van der Waals surface area contributed by atoms with Crippen LogP contribution in [0.5, 0.6) is 0 Å². The Morgan fingerprint density at radius 3 is 1.04 bits per heavy atom. The van der Waals surface area contributed by atoms with Gasteiger partial charge in [0.15, 0.2) is 6.10 Å². The third-order valence-electron chi connectivity index (χ3n) is 14.6. The van der Waals surface area contributed by atoms with E-state index >= 15 is 0 Å². The Morgan fingerprint density at radius 1 is 0.378 bits per heavy atom. The number of allylic oxidation sites excluding steroid dienone is 16. The zero-order chi connectivity index (χ0) is 59.8. The van der Waals surface area contributed by atoms with E-state index in [1.165, 1.54) is 161 Å². The van der Waals surface area contributed by atoms with Crippen LogP contribution >= 0.6 is 0 Å². The van der Waals surface area contributed by atoms with E-state index in [1.807, 2.05) is 21.1 Å². The monoisotopic (exact) mass is 1150 g/mol. The largest absolute Gasteiger partial charge is 0.477 e. The maximum Gasteiger partial charge on any atom is 0.361 e. The van der Waals surface area contributed by atoms with Gasteiger partial charge in [0.1, 0.15) is 13.2 Å². The van der Waals surface area contributed by atoms with Gasteiger partial charge in [-0.1, -0.05) is 297 Å². The number of aliphatic carboxylic acids is 1. The highest BCUT2D eigenvalue weighted by atomic mass is 16.7. The van der Waals surface area contributed by atoms with Gasteiger partial charge in [0, 0.05) is 12.8 Å². The first-order chi connectivity index (χ1) is 40.1. The number of rotatable bonds is 62. The van der Waals surface area contributed by atoms with Gasteiger partial charge in [-0.25, -0.2) is 4.79 Å². The Balaban J connectivity index is 4.16. The molecule has 2 unspecified atom stereocenters. The lowest BCUT2D eigenvalue weighted by atomic mass is 10.0. The highest BCUT2D eigenvalue weighted by Gasteiger charge is 2.25. The molecule has 0 aliphatic heterocycles. The van der Waals surface area contributed by atoms with Crippen molar-refractivity contribution in [3.63, 3.8) is 0 Å². The second kappa shape index (κ2) is 63.2. The molecule has 9 nitrogen and oxygen atoms in total. The fourth-order valence-electron chi connectivity index (χ4n) is 9.44. The lowest BCUT2D eigenvalue weighted by Gasteiger charge is -2.25. The quantitative estimate of drug-likeness (QED) is 0.0211. The minimum absolute atomic E-state index is 0.184. The van der Waals surface area contributed by atoms with Crippen LogP contribution in [-0.2, 0) is 33.3 Å². The normalized spacial score (nSPS) is 13.3. The second-order valence-corrected chi connectivity index (χ2v) is 23.8. The van der Waals surface area contributed by atoms with Crippen LogP contribution in [0, 0.1) is 0 Å². The number of nitrogens with zero attached hydrogens (tertiary/aromatic N) is 1. The zero-order valence-corrected chi connectivity index (χ0v) is 53.9. The zero-order valence-electron chi connectivity index (χ0n) is 53.9. The molecule has 0 fully saturated rings. The third-order valence-corrected chi connectivity index (χ3v) is 14.6. The minimum Gasteiger partial charge on any atom is -0.477 e. The lowest BCUT2D eigenvalue weighted by molar-refractivity contribution is -0.870. The molecule has 0 aliphatic carbocycles. The summed E-state index contributed by atoms with van der Waals surface area (Å²) in [6, 6.07) is 0. The Labute approximate surface area is 505 Å². The van der Waals surface area contributed by atoms with E-state index in [1.54, 1.807) is 0 Å². The van der Waals surface area contributed by atoms with Gasteiger partial charge < -0.3 is 28.5 Å². The van der Waals surface area contributed by atoms with Crippen LogP contribution in [0.3, 0.4) is 0 Å². The summed E-state index contributed by atoms with van der Waals surface area (Å²) in [7, 11) is 5.98. The van der Waals surface area contributed by atoms with Crippen LogP contribution in [0.2, 0.25) is 0 Å². The van der Waals surface area contributed by atoms with Gasteiger partial charge >= 0.3 is 17.9 Å². The van der Waals surface area contributed by atoms with Gasteiger partial charge in [-0.2, -0.15) is 0 Å². The molecule has 0 radical (unpaired) electrons. The van der Waals surface area contributed by atoms with Gasteiger partial charge in [-0.3, -0.25) is 9.59 Å². The van der Waals surface area contributed by atoms with Crippen LogP contribution in [0.4, 0.5) is 0 Å². The topological polar surface area (TPSA) is 108 Å². The molecule has 0 saturated carbocycles. The number of unbranched alkanes of at least 4 members (excludes halogenated alkanes) is 31. The average molecular weight is 1150 g/mol. The van der Waals surface area contributed by atoms with Crippen molar-refractivity contribution in [2.45, 2.75) is 302 Å². The van der Waals surface area contributed by atoms with Crippen molar-refractivity contribution in [1.29, 1.82) is 0 Å². The highest BCUT2D eigenvalue weighted by molar-refractivity contribution is 5.71. The molecule has 2 atom stereocenters. The summed E-state index contributed by atoms with van der Waals surface area (Å²) in [6.07, 6.45) is 83.6. The molecule has 0 aromatic carbocycles. The van der Waals surface area contributed by atoms with Crippen molar-refractivity contribution < 1.29 is 42.9 Å². The van der Waals surface area contributed by atoms with Crippen molar-refractivity contribution in [2.24, 2.45) is 0 Å². The van der Waals surface area contributed by atoms with Gasteiger partial charge in [0.2, 0.25) is 0 Å². The molecule has 0 bridgehead atoms. The molecule has 0 saturated heterocycles. The average Bonchev–Trinajstić information content (AvgIpc) is 3.45. The summed E-state index contributed by atoms with van der Waals surface area (Å²) in [6.45, 7) is 4.79. The number of likely N-dealkylation sites (N-methyl/N-ethyl adjacent to an activating group) is 1. The first kappa shape index (κ1) is 78.2. The van der Waals surface area contributed by atoms with E-state index in [9.17, 15) is 19.5 Å². The number of carbonyl (C=O) groups excluding carboxylic acids is 2. The van der Waals surface area contributed by atoms with Gasteiger partial charge in [-0.05, 0) is 77.0 Å². The molecule has 9 heteroatoms. The maximum absolute atomic E-state index is 12.9. The number of esters is 2. The molecule has 0 amide bonds. The predicted octanol–water partition coefficient (Wildman–Crippen LogP) is 20.9. The van der Waals surface area contributed by atoms with Crippen LogP contribution < -0.4 is 0 Å². The first-order valence-electron chi connectivity index (χ1n) is 33.9. The number of carboxylic acid groups (broad SMARTS) is 1. The summed E-state index contributed by atoms with van der Waals surface area (Å²) in [4.78, 5) is 37.6. The lowest BCUT2D eigenvalue weighted by Crippen LogP contribution is -2.40. The standard InChI is InChI=1S/C73H127NO8/c1-6-8-10-12-14-16-18-20-22-24-26-28-30-31-32-33-34-35-36-37-38-39-40-41-42-44-46-48-50-52-54-56-58-60-62-64-71(76)82-69(68-81-73(72(77)78)79-66-65-74(3,4)5)67-80-70(75)63-61-59-57-55-53-51-49-47-45-43-29-27-25-23-21-19-17-15-13-11-9-7-2/h8,10,14,16,20,22,26,28,31-32,34-35,37-38,40-41,69,73H,6-7,9,11-13,15,17-19,21,23-25,27,29-30,33,36,39,42-68H2,1-5H3/p+1/b10-8-,16-14-,22-20-,28-26-,32-31-,35-34-,38-37-,41-40-. The van der Waals surface area contributed by atoms with Crippen LogP contribution in [0.1, 0.15) is 290 Å². The summed E-state index contributed by atoms with van der Waals surface area (Å²) in [5.41, 5.74) is 0. The van der Waals surface area contributed by atoms with Crippen molar-refractivity contribution >= 4 is 17.9 Å². The molecule has 0 aromatic heterocycles. The summed E-state index contributed by atoms with van der Waals surface area (Å²) in [5.74, 6) is -2.00. The SMILES string of the molecule is CC/C=C\C/C=C\C/C=C\C/C=C\C/C=C\C/C=C\C/C=C\C/C=C\CCCCCCCCCCCCC(=O)OC(COC(=O)CCCCCCCCCCCCCCCCCCCCCCCC)COC(OCC[N+](C)(C)C)C(=O)O. The molecule has 0 rings (SSSR count). The maximum atomic E-state index is 12.9. The highest BCUT2D eigenvalue weighted by Crippen LogP contribution is 2.17. The number of hydrogen-bond acceptors (Lipinski definition) is 7. The summed E-state index contributed by atoms with van der Waals surface area (Å²) < 4.78 is 23.0. The molecule has 0 heterocycles. The van der Waals surface area contributed by atoms with Crippen LogP contribution in [0.25, 0.3) is 0 Å². The van der Waals surface area contributed by atoms with E-state index in [-0.39, 0.29) is 32.2 Å². The number of quaternary nitrogens is 1. The third kappa shape index (κ3) is 63.8. The fourth-order valence-corrected chi connectivity index (χ4v) is 9.44. The van der Waals surface area contributed by atoms with Gasteiger partial charge in [0.25, 0.3) is 6.29 Å². The molecular formula is C73H128NO8+. The van der Waals surface area contributed by atoms with Crippen molar-refractivity contribution in [3.05, 3.63) is 97.2 Å². The van der Waals surface area contributed by atoms with Crippen molar-refractivity contribution in [2.75, 3.05) is 47.5 Å². The molecule has 82 heavy (non-hydrogen) atoms. The first-order valence-corrected chi connectivity index (χ1v) is 33.9. The van der Waals surface area contributed by atoms with Gasteiger partial charge in [-0.15, -0.1) is 0 Å². The van der Waals surface area contributed by atoms with Crippen LogP contribution in [0.15, 0.2) is 97.2 Å². The predicted molar refractivity (Wildman–Crippen MR) is 350 cm³/mol. The van der Waals surface area contributed by atoms with Crippen molar-refractivity contribution in [1.82, 2.24) is 0 Å². The number of carbonyl (C=O) groups is 3. The fraction of sp³-hybridized carbons (Fsp3) is 0.740. The van der Waals surface area contributed by atoms with E-state index in [4.69, 9.17) is 18.9 Å². The Hall–Kier alpha value is -3.79. The van der Waals surface area contributed by atoms with E-state index in [0.29, 0.717) is 23.9 Å². The van der Waals surface area contributed by atoms with E-state index in [0.717, 1.165) is 96.3 Å². The Morgan fingerprint density at radius 2 is 0.695 bits per heavy atom. The summed E-state index contributed by atoms with van der Waals surface area (Å²) in [5, 5.41) is 9.74. The molecular weight excluding hydrogens is 1020 g/mol.